The highest BCUT2D eigenvalue weighted by atomic mass is 35.5. The van der Waals surface area contributed by atoms with Crippen molar-refractivity contribution in [1.82, 2.24) is 5.32 Å². The van der Waals surface area contributed by atoms with Crippen molar-refractivity contribution in [3.05, 3.63) is 34.3 Å². The van der Waals surface area contributed by atoms with Crippen LogP contribution in [0.25, 0.3) is 0 Å². The molecule has 3 heteroatoms. The predicted octanol–water partition coefficient (Wildman–Crippen LogP) is 3.75. The number of hydrogen-bond donors (Lipinski definition) is 1. The van der Waals surface area contributed by atoms with Crippen LogP contribution in [-0.2, 0) is 6.54 Å². The first kappa shape index (κ1) is 12.8. The fraction of sp³-hybridized carbons (Fsp3) is 0.500. The van der Waals surface area contributed by atoms with E-state index in [2.05, 4.69) is 18.3 Å². The maximum absolute atomic E-state index is 5.97. The molecule has 1 rings (SSSR count). The van der Waals surface area contributed by atoms with Gasteiger partial charge in [0.1, 0.15) is 0 Å². The molecule has 0 fully saturated rings. The molecule has 1 aromatic carbocycles. The largest absolute Gasteiger partial charge is 0.309 e. The van der Waals surface area contributed by atoms with E-state index in [1.54, 1.807) is 0 Å². The Morgan fingerprint density at radius 2 is 2.00 bits per heavy atom. The SMILES string of the molecule is Cc1cc(CNC(C)C(C)Cl)ccc1Cl. The summed E-state index contributed by atoms with van der Waals surface area (Å²) >= 11 is 11.9. The van der Waals surface area contributed by atoms with Crippen LogP contribution in [0.1, 0.15) is 25.0 Å². The van der Waals surface area contributed by atoms with Gasteiger partial charge in [0.15, 0.2) is 0 Å². The van der Waals surface area contributed by atoms with Crippen LogP contribution in [0.15, 0.2) is 18.2 Å². The van der Waals surface area contributed by atoms with Crippen LogP contribution < -0.4 is 5.32 Å². The quantitative estimate of drug-likeness (QED) is 0.798. The fourth-order valence-corrected chi connectivity index (χ4v) is 1.46. The highest BCUT2D eigenvalue weighted by molar-refractivity contribution is 6.31. The standard InChI is InChI=1S/C12H17Cl2N/c1-8-6-11(4-5-12(8)14)7-15-10(3)9(2)13/h4-6,9-10,15H,7H2,1-3H3. The zero-order valence-electron chi connectivity index (χ0n) is 9.35. The molecule has 0 saturated heterocycles. The number of rotatable bonds is 4. The summed E-state index contributed by atoms with van der Waals surface area (Å²) in [4.78, 5) is 0. The molecule has 0 spiro atoms. The van der Waals surface area contributed by atoms with Gasteiger partial charge < -0.3 is 5.32 Å². The Hall–Kier alpha value is -0.240. The van der Waals surface area contributed by atoms with Gasteiger partial charge in [-0.15, -0.1) is 11.6 Å². The highest BCUT2D eigenvalue weighted by Crippen LogP contribution is 2.16. The average Bonchev–Trinajstić information content (AvgIpc) is 2.19. The van der Waals surface area contributed by atoms with Gasteiger partial charge in [-0.2, -0.15) is 0 Å². The molecule has 0 aliphatic heterocycles. The molecule has 1 nitrogen and oxygen atoms in total. The number of alkyl halides is 1. The molecule has 0 heterocycles. The number of benzene rings is 1. The molecule has 84 valence electrons. The minimum absolute atomic E-state index is 0.137. The first-order valence-corrected chi connectivity index (χ1v) is 5.94. The van der Waals surface area contributed by atoms with Gasteiger partial charge in [0.05, 0.1) is 0 Å². The number of hydrogen-bond acceptors (Lipinski definition) is 1. The monoisotopic (exact) mass is 245 g/mol. The zero-order chi connectivity index (χ0) is 11.4. The Kier molecular flexibility index (Phi) is 4.91. The normalized spacial score (nSPS) is 15.0. The van der Waals surface area contributed by atoms with Crippen molar-refractivity contribution in [2.45, 2.75) is 38.7 Å². The van der Waals surface area contributed by atoms with Gasteiger partial charge in [0.25, 0.3) is 0 Å². The summed E-state index contributed by atoms with van der Waals surface area (Å²) in [6, 6.07) is 6.38. The van der Waals surface area contributed by atoms with E-state index in [0.717, 1.165) is 17.1 Å². The topological polar surface area (TPSA) is 12.0 Å². The van der Waals surface area contributed by atoms with Crippen molar-refractivity contribution < 1.29 is 0 Å². The summed E-state index contributed by atoms with van der Waals surface area (Å²) in [5.41, 5.74) is 2.35. The summed E-state index contributed by atoms with van der Waals surface area (Å²) in [6.07, 6.45) is 0. The lowest BCUT2D eigenvalue weighted by Gasteiger charge is -2.16. The predicted molar refractivity (Wildman–Crippen MR) is 67.8 cm³/mol. The van der Waals surface area contributed by atoms with E-state index < -0.39 is 0 Å². The maximum atomic E-state index is 5.97. The van der Waals surface area contributed by atoms with Crippen molar-refractivity contribution in [3.8, 4) is 0 Å². The van der Waals surface area contributed by atoms with Crippen molar-refractivity contribution in [2.24, 2.45) is 0 Å². The molecule has 1 aromatic rings. The van der Waals surface area contributed by atoms with Crippen molar-refractivity contribution in [1.29, 1.82) is 0 Å². The van der Waals surface area contributed by atoms with Gasteiger partial charge in [-0.05, 0) is 38.0 Å². The average molecular weight is 246 g/mol. The molecule has 0 bridgehead atoms. The molecular weight excluding hydrogens is 229 g/mol. The second-order valence-corrected chi connectivity index (χ2v) is 5.03. The Morgan fingerprint density at radius 1 is 1.33 bits per heavy atom. The molecule has 0 aliphatic rings. The van der Waals surface area contributed by atoms with Crippen LogP contribution in [0.4, 0.5) is 0 Å². The van der Waals surface area contributed by atoms with Crippen molar-refractivity contribution >= 4 is 23.2 Å². The minimum atomic E-state index is 0.137. The zero-order valence-corrected chi connectivity index (χ0v) is 10.9. The third-order valence-electron chi connectivity index (χ3n) is 2.54. The highest BCUT2D eigenvalue weighted by Gasteiger charge is 2.07. The van der Waals surface area contributed by atoms with Gasteiger partial charge >= 0.3 is 0 Å². The molecular formula is C12H17Cl2N. The van der Waals surface area contributed by atoms with E-state index in [4.69, 9.17) is 23.2 Å². The molecule has 0 saturated carbocycles. The molecule has 0 aliphatic carbocycles. The Labute approximate surface area is 102 Å². The molecule has 0 aromatic heterocycles. The lowest BCUT2D eigenvalue weighted by molar-refractivity contribution is 0.539. The fourth-order valence-electron chi connectivity index (χ4n) is 1.26. The van der Waals surface area contributed by atoms with Crippen LogP contribution in [0.5, 0.6) is 0 Å². The van der Waals surface area contributed by atoms with Gasteiger partial charge in [0, 0.05) is 23.0 Å². The molecule has 0 amide bonds. The van der Waals surface area contributed by atoms with E-state index in [0.29, 0.717) is 6.04 Å². The van der Waals surface area contributed by atoms with Crippen LogP contribution in [0.2, 0.25) is 5.02 Å². The van der Waals surface area contributed by atoms with Crippen molar-refractivity contribution in [3.63, 3.8) is 0 Å². The summed E-state index contributed by atoms with van der Waals surface area (Å²) in [5.74, 6) is 0. The van der Waals surface area contributed by atoms with Crippen LogP contribution >= 0.6 is 23.2 Å². The summed E-state index contributed by atoms with van der Waals surface area (Å²) < 4.78 is 0. The second kappa shape index (κ2) is 5.74. The van der Waals surface area contributed by atoms with E-state index >= 15 is 0 Å². The van der Waals surface area contributed by atoms with Crippen LogP contribution in [-0.4, -0.2) is 11.4 Å². The first-order valence-electron chi connectivity index (χ1n) is 5.13. The van der Waals surface area contributed by atoms with Gasteiger partial charge in [-0.3, -0.25) is 0 Å². The van der Waals surface area contributed by atoms with Crippen molar-refractivity contribution in [2.75, 3.05) is 0 Å². The Balaban J connectivity index is 2.55. The van der Waals surface area contributed by atoms with Gasteiger partial charge in [-0.1, -0.05) is 23.7 Å². The lowest BCUT2D eigenvalue weighted by atomic mass is 10.1. The Morgan fingerprint density at radius 3 is 2.53 bits per heavy atom. The van der Waals surface area contributed by atoms with Gasteiger partial charge in [-0.25, -0.2) is 0 Å². The molecule has 0 radical (unpaired) electrons. The smallest absolute Gasteiger partial charge is 0.0458 e. The number of halogens is 2. The summed E-state index contributed by atoms with van der Waals surface area (Å²) in [7, 11) is 0. The minimum Gasteiger partial charge on any atom is -0.309 e. The van der Waals surface area contributed by atoms with Crippen LogP contribution in [0, 0.1) is 6.92 Å². The number of aryl methyl sites for hydroxylation is 1. The summed E-state index contributed by atoms with van der Waals surface area (Å²) in [5, 5.41) is 4.32. The third kappa shape index (κ3) is 4.02. The molecule has 2 atom stereocenters. The first-order chi connectivity index (χ1) is 7.00. The van der Waals surface area contributed by atoms with Gasteiger partial charge in [0.2, 0.25) is 0 Å². The molecule has 1 N–H and O–H groups in total. The number of nitrogens with one attached hydrogen (secondary N) is 1. The maximum Gasteiger partial charge on any atom is 0.0458 e. The third-order valence-corrected chi connectivity index (χ3v) is 3.34. The Bertz CT molecular complexity index is 323. The lowest BCUT2D eigenvalue weighted by Crippen LogP contribution is -2.32. The molecule has 2 unspecified atom stereocenters. The summed E-state index contributed by atoms with van der Waals surface area (Å²) in [6.45, 7) is 6.92. The second-order valence-electron chi connectivity index (χ2n) is 3.93. The van der Waals surface area contributed by atoms with E-state index in [1.165, 1.54) is 5.56 Å². The van der Waals surface area contributed by atoms with E-state index in [-0.39, 0.29) is 5.38 Å². The van der Waals surface area contributed by atoms with E-state index in [1.807, 2.05) is 26.0 Å². The molecule has 15 heavy (non-hydrogen) atoms. The van der Waals surface area contributed by atoms with E-state index in [9.17, 15) is 0 Å². The van der Waals surface area contributed by atoms with Crippen LogP contribution in [0.3, 0.4) is 0 Å².